The van der Waals surface area contributed by atoms with Gasteiger partial charge >= 0.3 is 6.18 Å². The largest absolute Gasteiger partial charge is 0.416 e. The van der Waals surface area contributed by atoms with E-state index in [9.17, 15) is 13.2 Å². The first kappa shape index (κ1) is 12.5. The Kier molecular flexibility index (Phi) is 3.55. The maximum absolute atomic E-state index is 12.5. The van der Waals surface area contributed by atoms with Gasteiger partial charge in [-0.3, -0.25) is 0 Å². The van der Waals surface area contributed by atoms with Crippen molar-refractivity contribution in [2.45, 2.75) is 12.7 Å². The van der Waals surface area contributed by atoms with Gasteiger partial charge in [-0.25, -0.2) is 0 Å². The van der Waals surface area contributed by atoms with Gasteiger partial charge in [0, 0.05) is 12.2 Å². The lowest BCUT2D eigenvalue weighted by molar-refractivity contribution is -0.137. The molecule has 1 nitrogen and oxygen atoms in total. The average Bonchev–Trinajstić information content (AvgIpc) is 2.37. The van der Waals surface area contributed by atoms with Gasteiger partial charge in [-0.15, -0.1) is 0 Å². The van der Waals surface area contributed by atoms with Crippen LogP contribution in [0.5, 0.6) is 0 Å². The van der Waals surface area contributed by atoms with Crippen molar-refractivity contribution in [2.24, 2.45) is 0 Å². The number of rotatable bonds is 3. The van der Waals surface area contributed by atoms with Gasteiger partial charge in [0.2, 0.25) is 0 Å². The second-order valence-corrected chi connectivity index (χ2v) is 3.84. The number of alkyl halides is 3. The van der Waals surface area contributed by atoms with E-state index in [2.05, 4.69) is 11.4 Å². The van der Waals surface area contributed by atoms with Crippen molar-refractivity contribution in [1.82, 2.24) is 0 Å². The molecule has 93 valence electrons. The van der Waals surface area contributed by atoms with Gasteiger partial charge in [-0.05, 0) is 35.9 Å². The van der Waals surface area contributed by atoms with E-state index in [4.69, 9.17) is 0 Å². The molecule has 0 saturated carbocycles. The minimum atomic E-state index is -4.29. The highest BCUT2D eigenvalue weighted by Crippen LogP contribution is 2.29. The molecule has 0 amide bonds. The predicted molar refractivity (Wildman–Crippen MR) is 64.0 cm³/mol. The Bertz CT molecular complexity index is 506. The van der Waals surface area contributed by atoms with Crippen LogP contribution in [0, 0.1) is 6.07 Å². The molecule has 18 heavy (non-hydrogen) atoms. The summed E-state index contributed by atoms with van der Waals surface area (Å²) in [4.78, 5) is 0. The second-order valence-electron chi connectivity index (χ2n) is 3.84. The lowest BCUT2D eigenvalue weighted by atomic mass is 10.1. The summed E-state index contributed by atoms with van der Waals surface area (Å²) >= 11 is 0. The molecule has 0 atom stereocenters. The second kappa shape index (κ2) is 5.12. The zero-order valence-electron chi connectivity index (χ0n) is 9.46. The molecule has 0 heterocycles. The third-order valence-electron chi connectivity index (χ3n) is 2.47. The van der Waals surface area contributed by atoms with Gasteiger partial charge in [-0.1, -0.05) is 24.3 Å². The maximum atomic E-state index is 12.5. The fourth-order valence-corrected chi connectivity index (χ4v) is 1.57. The molecule has 2 rings (SSSR count). The molecule has 1 radical (unpaired) electrons. The van der Waals surface area contributed by atoms with Crippen LogP contribution >= 0.6 is 0 Å². The van der Waals surface area contributed by atoms with Crippen LogP contribution in [0.15, 0.2) is 48.5 Å². The Balaban J connectivity index is 2.06. The molecule has 4 heteroatoms. The van der Waals surface area contributed by atoms with Crippen LogP contribution in [-0.2, 0) is 12.7 Å². The number of anilines is 1. The zero-order chi connectivity index (χ0) is 13.0. The minimum absolute atomic E-state index is 0.355. The van der Waals surface area contributed by atoms with Crippen LogP contribution in [0.2, 0.25) is 0 Å². The summed E-state index contributed by atoms with van der Waals surface area (Å²) in [5.41, 5.74) is 0.826. The summed E-state index contributed by atoms with van der Waals surface area (Å²) in [6.45, 7) is 0.355. The van der Waals surface area contributed by atoms with Gasteiger partial charge < -0.3 is 5.32 Å². The fraction of sp³-hybridized carbons (Fsp3) is 0.143. The van der Waals surface area contributed by atoms with Crippen molar-refractivity contribution in [1.29, 1.82) is 0 Å². The van der Waals surface area contributed by atoms with E-state index in [1.165, 1.54) is 6.07 Å². The quantitative estimate of drug-likeness (QED) is 0.864. The Labute approximate surface area is 103 Å². The van der Waals surface area contributed by atoms with E-state index in [-0.39, 0.29) is 0 Å². The van der Waals surface area contributed by atoms with Crippen LogP contribution in [0.25, 0.3) is 0 Å². The minimum Gasteiger partial charge on any atom is -0.381 e. The highest BCUT2D eigenvalue weighted by atomic mass is 19.4. The summed E-state index contributed by atoms with van der Waals surface area (Å²) in [5, 5.41) is 3.05. The predicted octanol–water partition coefficient (Wildman–Crippen LogP) is 4.12. The summed E-state index contributed by atoms with van der Waals surface area (Å²) in [6.07, 6.45) is -4.29. The molecule has 0 aliphatic heterocycles. The van der Waals surface area contributed by atoms with Crippen LogP contribution in [0.4, 0.5) is 18.9 Å². The van der Waals surface area contributed by atoms with E-state index in [0.29, 0.717) is 12.1 Å². The molecule has 0 aliphatic carbocycles. The van der Waals surface area contributed by atoms with Crippen molar-refractivity contribution in [2.75, 3.05) is 5.32 Å². The Hall–Kier alpha value is -1.97. The van der Waals surface area contributed by atoms with Gasteiger partial charge in [-0.2, -0.15) is 13.2 Å². The van der Waals surface area contributed by atoms with E-state index in [1.54, 1.807) is 18.2 Å². The van der Waals surface area contributed by atoms with Gasteiger partial charge in [0.1, 0.15) is 0 Å². The highest BCUT2D eigenvalue weighted by Gasteiger charge is 2.30. The molecular weight excluding hydrogens is 239 g/mol. The van der Waals surface area contributed by atoms with Crippen LogP contribution in [-0.4, -0.2) is 0 Å². The lowest BCUT2D eigenvalue weighted by Crippen LogP contribution is -2.06. The first-order valence-corrected chi connectivity index (χ1v) is 5.42. The molecule has 0 aromatic heterocycles. The number of hydrogen-bond donors (Lipinski definition) is 1. The molecule has 0 unspecified atom stereocenters. The zero-order valence-corrected chi connectivity index (χ0v) is 9.46. The van der Waals surface area contributed by atoms with E-state index in [1.807, 2.05) is 12.1 Å². The molecule has 2 aromatic carbocycles. The van der Waals surface area contributed by atoms with Gasteiger partial charge in [0.15, 0.2) is 0 Å². The molecule has 1 N–H and O–H groups in total. The van der Waals surface area contributed by atoms with Crippen molar-refractivity contribution in [3.8, 4) is 0 Å². The van der Waals surface area contributed by atoms with Crippen molar-refractivity contribution >= 4 is 5.69 Å². The van der Waals surface area contributed by atoms with Crippen LogP contribution in [0.3, 0.4) is 0 Å². The SMILES string of the molecule is FC(F)(F)c1cccc(CNc2cc[c]cc2)c1. The Morgan fingerprint density at radius 1 is 1.06 bits per heavy atom. The molecule has 2 aromatic rings. The average molecular weight is 250 g/mol. The Morgan fingerprint density at radius 2 is 1.78 bits per heavy atom. The van der Waals surface area contributed by atoms with E-state index >= 15 is 0 Å². The summed E-state index contributed by atoms with van der Waals surface area (Å²) in [5.74, 6) is 0. The smallest absolute Gasteiger partial charge is 0.381 e. The first-order valence-electron chi connectivity index (χ1n) is 5.42. The monoisotopic (exact) mass is 250 g/mol. The molecular formula is C14H11F3N. The van der Waals surface area contributed by atoms with Crippen molar-refractivity contribution in [3.05, 3.63) is 65.7 Å². The van der Waals surface area contributed by atoms with E-state index in [0.717, 1.165) is 17.8 Å². The van der Waals surface area contributed by atoms with Gasteiger partial charge in [0.25, 0.3) is 0 Å². The standard InChI is InChI=1S/C14H11F3N/c15-14(16,17)12-6-4-5-11(9-12)10-18-13-7-2-1-3-8-13/h2-9,18H,10H2. The van der Waals surface area contributed by atoms with Crippen molar-refractivity contribution in [3.63, 3.8) is 0 Å². The molecule has 0 spiro atoms. The Morgan fingerprint density at radius 3 is 2.44 bits per heavy atom. The normalized spacial score (nSPS) is 11.3. The molecule has 0 fully saturated rings. The van der Waals surface area contributed by atoms with E-state index < -0.39 is 11.7 Å². The third kappa shape index (κ3) is 3.26. The number of benzene rings is 2. The maximum Gasteiger partial charge on any atom is 0.416 e. The van der Waals surface area contributed by atoms with Gasteiger partial charge in [0.05, 0.1) is 5.56 Å². The molecule has 0 bridgehead atoms. The lowest BCUT2D eigenvalue weighted by Gasteiger charge is -2.10. The third-order valence-corrected chi connectivity index (χ3v) is 2.47. The summed E-state index contributed by atoms with van der Waals surface area (Å²) in [6, 6.07) is 15.3. The van der Waals surface area contributed by atoms with Crippen LogP contribution in [0.1, 0.15) is 11.1 Å². The summed E-state index contributed by atoms with van der Waals surface area (Å²) < 4.78 is 37.5. The summed E-state index contributed by atoms with van der Waals surface area (Å²) in [7, 11) is 0. The number of nitrogens with one attached hydrogen (secondary N) is 1. The number of hydrogen-bond acceptors (Lipinski definition) is 1. The van der Waals surface area contributed by atoms with Crippen LogP contribution < -0.4 is 5.32 Å². The van der Waals surface area contributed by atoms with Crippen molar-refractivity contribution < 1.29 is 13.2 Å². The first-order chi connectivity index (χ1) is 8.55. The topological polar surface area (TPSA) is 12.0 Å². The molecule has 0 saturated heterocycles. The highest BCUT2D eigenvalue weighted by molar-refractivity contribution is 5.43. The fourth-order valence-electron chi connectivity index (χ4n) is 1.57. The molecule has 0 aliphatic rings. The number of halogens is 3.